The number of esters is 1. The Hall–Kier alpha value is -1.88. The highest BCUT2D eigenvalue weighted by Crippen LogP contribution is 2.34. The summed E-state index contributed by atoms with van der Waals surface area (Å²) in [6.07, 6.45) is 0.579. The van der Waals surface area contributed by atoms with Crippen LogP contribution in [-0.4, -0.2) is 22.4 Å². The third-order valence-electron chi connectivity index (χ3n) is 3.95. The normalized spacial score (nSPS) is 16.8. The van der Waals surface area contributed by atoms with Gasteiger partial charge < -0.3 is 9.30 Å². The smallest absolute Gasteiger partial charge is 0.315 e. The molecule has 1 aliphatic heterocycles. The van der Waals surface area contributed by atoms with E-state index < -0.39 is 0 Å². The number of hydrogen-bond donors (Lipinski definition) is 0. The van der Waals surface area contributed by atoms with Gasteiger partial charge in [-0.1, -0.05) is 0 Å². The Kier molecular flexibility index (Phi) is 3.91. The van der Waals surface area contributed by atoms with Crippen molar-refractivity contribution in [3.05, 3.63) is 45.4 Å². The summed E-state index contributed by atoms with van der Waals surface area (Å²) in [4.78, 5) is 24.9. The monoisotopic (exact) mass is 317 g/mol. The number of fused-ring (bicyclic) bond motifs is 1. The molecule has 0 bridgehead atoms. The van der Waals surface area contributed by atoms with Crippen molar-refractivity contribution in [1.29, 1.82) is 0 Å². The molecule has 2 aromatic rings. The van der Waals surface area contributed by atoms with Gasteiger partial charge in [0.1, 0.15) is 0 Å². The highest BCUT2D eigenvalue weighted by atomic mass is 32.1. The second-order valence-electron chi connectivity index (χ2n) is 5.92. The maximum Gasteiger partial charge on any atom is 0.315 e. The summed E-state index contributed by atoms with van der Waals surface area (Å²) in [5, 5.41) is 3.76. The number of hydrogen-bond acceptors (Lipinski definition) is 4. The minimum Gasteiger partial charge on any atom is -0.462 e. The first-order chi connectivity index (χ1) is 10.5. The van der Waals surface area contributed by atoms with E-state index in [1.165, 1.54) is 11.3 Å². The number of ether oxygens (including phenoxy) is 1. The van der Waals surface area contributed by atoms with E-state index >= 15 is 0 Å². The predicted molar refractivity (Wildman–Crippen MR) is 85.5 cm³/mol. The lowest BCUT2D eigenvalue weighted by Crippen LogP contribution is -2.18. The van der Waals surface area contributed by atoms with Gasteiger partial charge in [-0.2, -0.15) is 11.3 Å². The fourth-order valence-corrected chi connectivity index (χ4v) is 3.67. The molecule has 1 aliphatic rings. The van der Waals surface area contributed by atoms with Crippen LogP contribution in [0.4, 0.5) is 0 Å². The van der Waals surface area contributed by atoms with Crippen LogP contribution in [0.25, 0.3) is 0 Å². The van der Waals surface area contributed by atoms with Gasteiger partial charge in [-0.05, 0) is 50.3 Å². The Morgan fingerprint density at radius 1 is 1.41 bits per heavy atom. The van der Waals surface area contributed by atoms with Crippen LogP contribution in [0, 0.1) is 6.92 Å². The SMILES string of the molecule is Cc1cc2n(c1C(=O)c1ccsc1)CCC2C(=O)OC(C)C. The summed E-state index contributed by atoms with van der Waals surface area (Å²) in [7, 11) is 0. The summed E-state index contributed by atoms with van der Waals surface area (Å²) in [5.41, 5.74) is 3.24. The lowest BCUT2D eigenvalue weighted by molar-refractivity contribution is -0.149. The number of thiophene rings is 1. The lowest BCUT2D eigenvalue weighted by atomic mass is 10.0. The molecule has 0 saturated carbocycles. The molecule has 2 aromatic heterocycles. The zero-order valence-corrected chi connectivity index (χ0v) is 13.8. The number of carbonyl (C=O) groups excluding carboxylic acids is 2. The largest absolute Gasteiger partial charge is 0.462 e. The standard InChI is InChI=1S/C17H19NO3S/c1-10(2)21-17(20)13-4-6-18-14(13)8-11(3)15(18)16(19)12-5-7-22-9-12/h5,7-10,13H,4,6H2,1-3H3. The first-order valence-corrected chi connectivity index (χ1v) is 8.40. The first kappa shape index (κ1) is 15.0. The molecule has 22 heavy (non-hydrogen) atoms. The van der Waals surface area contributed by atoms with Crippen molar-refractivity contribution in [2.75, 3.05) is 0 Å². The molecule has 0 radical (unpaired) electrons. The zero-order chi connectivity index (χ0) is 15.9. The Bertz CT molecular complexity index is 713. The van der Waals surface area contributed by atoms with Gasteiger partial charge in [-0.25, -0.2) is 0 Å². The topological polar surface area (TPSA) is 48.3 Å². The summed E-state index contributed by atoms with van der Waals surface area (Å²) in [5.74, 6) is -0.422. The maximum absolute atomic E-state index is 12.7. The molecule has 0 aromatic carbocycles. The molecular formula is C17H19NO3S. The Morgan fingerprint density at radius 2 is 2.18 bits per heavy atom. The summed E-state index contributed by atoms with van der Waals surface area (Å²) in [6, 6.07) is 3.80. The maximum atomic E-state index is 12.7. The van der Waals surface area contributed by atoms with E-state index in [9.17, 15) is 9.59 Å². The Labute approximate surface area is 133 Å². The van der Waals surface area contributed by atoms with Crippen LogP contribution in [0.15, 0.2) is 22.9 Å². The fraction of sp³-hybridized carbons (Fsp3) is 0.412. The van der Waals surface area contributed by atoms with E-state index in [0.717, 1.165) is 11.3 Å². The number of rotatable bonds is 4. The lowest BCUT2D eigenvalue weighted by Gasteiger charge is -2.12. The minimum absolute atomic E-state index is 0.0304. The van der Waals surface area contributed by atoms with Gasteiger partial charge in [0.15, 0.2) is 0 Å². The van der Waals surface area contributed by atoms with Crippen LogP contribution in [0.3, 0.4) is 0 Å². The van der Waals surface area contributed by atoms with Crippen molar-refractivity contribution in [2.24, 2.45) is 0 Å². The van der Waals surface area contributed by atoms with Gasteiger partial charge >= 0.3 is 5.97 Å². The average molecular weight is 317 g/mol. The van der Waals surface area contributed by atoms with Crippen molar-refractivity contribution in [3.63, 3.8) is 0 Å². The van der Waals surface area contributed by atoms with Crippen LogP contribution in [0.2, 0.25) is 0 Å². The predicted octanol–water partition coefficient (Wildman–Crippen LogP) is 3.53. The van der Waals surface area contributed by atoms with Crippen molar-refractivity contribution < 1.29 is 14.3 Å². The molecule has 0 fully saturated rings. The molecule has 0 saturated heterocycles. The van der Waals surface area contributed by atoms with Gasteiger partial charge in [-0.15, -0.1) is 0 Å². The average Bonchev–Trinajstić information content (AvgIpc) is 3.11. The quantitative estimate of drug-likeness (QED) is 0.640. The molecule has 3 rings (SSSR count). The summed E-state index contributed by atoms with van der Waals surface area (Å²) in [6.45, 7) is 6.31. The van der Waals surface area contributed by atoms with E-state index in [-0.39, 0.29) is 23.8 Å². The Balaban J connectivity index is 1.94. The van der Waals surface area contributed by atoms with Gasteiger partial charge in [0.2, 0.25) is 5.78 Å². The molecule has 0 aliphatic carbocycles. The molecule has 1 unspecified atom stereocenters. The van der Waals surface area contributed by atoms with Gasteiger partial charge in [0, 0.05) is 23.2 Å². The number of ketones is 1. The van der Waals surface area contributed by atoms with E-state index in [0.29, 0.717) is 24.2 Å². The van der Waals surface area contributed by atoms with Crippen molar-refractivity contribution in [3.8, 4) is 0 Å². The highest BCUT2D eigenvalue weighted by Gasteiger charge is 2.34. The van der Waals surface area contributed by atoms with Crippen molar-refractivity contribution >= 4 is 23.1 Å². The number of carbonyl (C=O) groups is 2. The van der Waals surface area contributed by atoms with Crippen LogP contribution < -0.4 is 0 Å². The molecule has 0 amide bonds. The van der Waals surface area contributed by atoms with Crippen molar-refractivity contribution in [2.45, 2.75) is 45.8 Å². The third-order valence-corrected chi connectivity index (χ3v) is 4.64. The van der Waals surface area contributed by atoms with Crippen LogP contribution in [-0.2, 0) is 16.1 Å². The van der Waals surface area contributed by atoms with E-state index in [2.05, 4.69) is 0 Å². The molecule has 116 valence electrons. The Morgan fingerprint density at radius 3 is 2.82 bits per heavy atom. The molecule has 0 spiro atoms. The zero-order valence-electron chi connectivity index (χ0n) is 13.0. The second-order valence-corrected chi connectivity index (χ2v) is 6.70. The molecule has 5 heteroatoms. The summed E-state index contributed by atoms with van der Waals surface area (Å²) < 4.78 is 7.32. The van der Waals surface area contributed by atoms with E-state index in [1.807, 2.05) is 48.2 Å². The van der Waals surface area contributed by atoms with E-state index in [4.69, 9.17) is 4.74 Å². The number of aryl methyl sites for hydroxylation is 1. The van der Waals surface area contributed by atoms with Crippen LogP contribution >= 0.6 is 11.3 Å². The molecule has 3 heterocycles. The van der Waals surface area contributed by atoms with Gasteiger partial charge in [0.05, 0.1) is 17.7 Å². The van der Waals surface area contributed by atoms with Gasteiger partial charge in [0.25, 0.3) is 0 Å². The van der Waals surface area contributed by atoms with E-state index in [1.54, 1.807) is 0 Å². The third kappa shape index (κ3) is 2.50. The second kappa shape index (κ2) is 5.72. The van der Waals surface area contributed by atoms with Crippen LogP contribution in [0.1, 0.15) is 53.5 Å². The molecular weight excluding hydrogens is 298 g/mol. The van der Waals surface area contributed by atoms with Gasteiger partial charge in [-0.3, -0.25) is 9.59 Å². The fourth-order valence-electron chi connectivity index (χ4n) is 3.03. The van der Waals surface area contributed by atoms with Crippen LogP contribution in [0.5, 0.6) is 0 Å². The van der Waals surface area contributed by atoms with Crippen molar-refractivity contribution in [1.82, 2.24) is 4.57 Å². The number of aromatic nitrogens is 1. The minimum atomic E-state index is -0.259. The molecule has 0 N–H and O–H groups in total. The first-order valence-electron chi connectivity index (χ1n) is 7.46. The molecule has 4 nitrogen and oxygen atoms in total. The summed E-state index contributed by atoms with van der Waals surface area (Å²) >= 11 is 1.51. The number of nitrogens with zero attached hydrogens (tertiary/aromatic N) is 1. The highest BCUT2D eigenvalue weighted by molar-refractivity contribution is 7.08. The molecule has 1 atom stereocenters.